The number of aliphatic hydroxyl groups is 1. The molecule has 0 radical (unpaired) electrons. The smallest absolute Gasteiger partial charge is 0.220 e. The van der Waals surface area contributed by atoms with E-state index in [2.05, 4.69) is 47.1 Å². The molecule has 0 fully saturated rings. The molecule has 2 aromatic carbocycles. The molecule has 2 bridgehead atoms. The molecule has 3 N–H and O–H groups in total. The lowest BCUT2D eigenvalue weighted by atomic mass is 9.94. The SMILES string of the molecule is N#CCCCc1ccc2c(c1)[C@@H]1C[C@H]2CCC=CCCCCC(=O)N[C@@H](Cc2cc(F)cc(F)c2)[C@H](O)CN1. The van der Waals surface area contributed by atoms with Crippen molar-refractivity contribution in [2.24, 2.45) is 0 Å². The van der Waals surface area contributed by atoms with E-state index in [0.29, 0.717) is 24.3 Å². The number of nitriles is 1. The quantitative estimate of drug-likeness (QED) is 0.327. The Labute approximate surface area is 230 Å². The van der Waals surface area contributed by atoms with E-state index in [0.717, 1.165) is 57.4 Å². The molecule has 1 heterocycles. The van der Waals surface area contributed by atoms with Crippen molar-refractivity contribution in [2.75, 3.05) is 6.54 Å². The fourth-order valence-electron chi connectivity index (χ4n) is 5.86. The van der Waals surface area contributed by atoms with Gasteiger partial charge in [0.1, 0.15) is 11.6 Å². The Hall–Kier alpha value is -3.08. The van der Waals surface area contributed by atoms with Gasteiger partial charge in [-0.25, -0.2) is 8.78 Å². The number of unbranched alkanes of at least 4 members (excludes halogenated alkanes) is 1. The maximum atomic E-state index is 13.9. The predicted molar refractivity (Wildman–Crippen MR) is 148 cm³/mol. The van der Waals surface area contributed by atoms with Gasteiger partial charge in [0.15, 0.2) is 0 Å². The first-order chi connectivity index (χ1) is 18.9. The number of allylic oxidation sites excluding steroid dienone is 2. The van der Waals surface area contributed by atoms with Crippen molar-refractivity contribution in [3.63, 3.8) is 0 Å². The summed E-state index contributed by atoms with van der Waals surface area (Å²) in [4.78, 5) is 12.7. The fourth-order valence-corrected chi connectivity index (χ4v) is 5.86. The fraction of sp³-hybridized carbons (Fsp3) is 0.500. The molecule has 0 spiro atoms. The van der Waals surface area contributed by atoms with Crippen molar-refractivity contribution in [1.29, 1.82) is 5.26 Å². The molecule has 2 aromatic rings. The van der Waals surface area contributed by atoms with E-state index in [4.69, 9.17) is 5.26 Å². The lowest BCUT2D eigenvalue weighted by molar-refractivity contribution is -0.122. The van der Waals surface area contributed by atoms with Crippen LogP contribution >= 0.6 is 0 Å². The lowest BCUT2D eigenvalue weighted by Gasteiger charge is -2.26. The van der Waals surface area contributed by atoms with Gasteiger partial charge < -0.3 is 15.7 Å². The number of carbonyl (C=O) groups excluding carboxylic acids is 1. The molecule has 1 aliphatic carbocycles. The number of carbonyl (C=O) groups is 1. The molecule has 0 saturated carbocycles. The Bertz CT molecular complexity index is 1170. The van der Waals surface area contributed by atoms with Crippen LogP contribution in [0.5, 0.6) is 0 Å². The number of amides is 1. The number of halogens is 2. The van der Waals surface area contributed by atoms with Gasteiger partial charge in [-0.15, -0.1) is 0 Å². The van der Waals surface area contributed by atoms with Crippen LogP contribution in [0.25, 0.3) is 0 Å². The molecule has 2 aliphatic rings. The van der Waals surface area contributed by atoms with Crippen LogP contribution in [0.2, 0.25) is 0 Å². The summed E-state index contributed by atoms with van der Waals surface area (Å²) in [5.41, 5.74) is 4.17. The minimum Gasteiger partial charge on any atom is -0.390 e. The highest BCUT2D eigenvalue weighted by atomic mass is 19.1. The third kappa shape index (κ3) is 8.45. The van der Waals surface area contributed by atoms with Gasteiger partial charge in [-0.05, 0) is 98.1 Å². The summed E-state index contributed by atoms with van der Waals surface area (Å²) in [5, 5.41) is 26.6. The largest absolute Gasteiger partial charge is 0.390 e. The number of hydrogen-bond acceptors (Lipinski definition) is 4. The molecule has 0 aromatic heterocycles. The summed E-state index contributed by atoms with van der Waals surface area (Å²) in [6.45, 7) is 0.234. The van der Waals surface area contributed by atoms with E-state index in [-0.39, 0.29) is 24.9 Å². The van der Waals surface area contributed by atoms with E-state index in [1.807, 2.05) is 0 Å². The van der Waals surface area contributed by atoms with Gasteiger partial charge in [0, 0.05) is 31.5 Å². The zero-order valence-corrected chi connectivity index (χ0v) is 22.5. The summed E-state index contributed by atoms with van der Waals surface area (Å²) in [5.74, 6) is -1.12. The molecule has 1 amide bonds. The van der Waals surface area contributed by atoms with Crippen molar-refractivity contribution in [3.8, 4) is 6.07 Å². The van der Waals surface area contributed by atoms with E-state index in [1.54, 1.807) is 0 Å². The average molecular weight is 536 g/mol. The van der Waals surface area contributed by atoms with E-state index in [9.17, 15) is 18.7 Å². The third-order valence-corrected chi connectivity index (χ3v) is 7.88. The Morgan fingerprint density at radius 2 is 1.79 bits per heavy atom. The second-order valence-corrected chi connectivity index (χ2v) is 10.9. The zero-order valence-electron chi connectivity index (χ0n) is 22.5. The summed E-state index contributed by atoms with van der Waals surface area (Å²) in [6, 6.07) is 11.5. The van der Waals surface area contributed by atoms with Crippen LogP contribution in [-0.2, 0) is 17.6 Å². The van der Waals surface area contributed by atoms with Crippen LogP contribution in [0.1, 0.15) is 92.0 Å². The van der Waals surface area contributed by atoms with Crippen LogP contribution < -0.4 is 10.6 Å². The normalized spacial score (nSPS) is 24.4. The number of hydrogen-bond donors (Lipinski definition) is 3. The summed E-state index contributed by atoms with van der Waals surface area (Å²) < 4.78 is 27.7. The van der Waals surface area contributed by atoms with Crippen molar-refractivity contribution < 1.29 is 18.7 Å². The molecule has 7 heteroatoms. The minimum atomic E-state index is -0.945. The first-order valence-corrected chi connectivity index (χ1v) is 14.2. The number of nitrogens with one attached hydrogen (secondary N) is 2. The van der Waals surface area contributed by atoms with Crippen LogP contribution in [0.15, 0.2) is 48.6 Å². The van der Waals surface area contributed by atoms with Crippen LogP contribution in [0.3, 0.4) is 0 Å². The van der Waals surface area contributed by atoms with Crippen molar-refractivity contribution in [3.05, 3.63) is 82.4 Å². The van der Waals surface area contributed by atoms with Crippen molar-refractivity contribution >= 4 is 5.91 Å². The van der Waals surface area contributed by atoms with E-state index in [1.165, 1.54) is 28.8 Å². The van der Waals surface area contributed by atoms with Crippen LogP contribution in [0.4, 0.5) is 8.78 Å². The number of benzene rings is 2. The molecule has 1 aliphatic heterocycles. The molecular weight excluding hydrogens is 496 g/mol. The average Bonchev–Trinajstić information content (AvgIpc) is 3.24. The zero-order chi connectivity index (χ0) is 27.6. The first kappa shape index (κ1) is 28.9. The number of aliphatic hydroxyl groups excluding tert-OH is 1. The highest BCUT2D eigenvalue weighted by molar-refractivity contribution is 5.76. The van der Waals surface area contributed by atoms with Gasteiger partial charge in [-0.3, -0.25) is 4.79 Å². The monoisotopic (exact) mass is 535 g/mol. The van der Waals surface area contributed by atoms with Gasteiger partial charge in [0.2, 0.25) is 5.91 Å². The molecule has 39 heavy (non-hydrogen) atoms. The van der Waals surface area contributed by atoms with Gasteiger partial charge in [-0.1, -0.05) is 30.4 Å². The molecule has 4 atom stereocenters. The van der Waals surface area contributed by atoms with Gasteiger partial charge in [0.25, 0.3) is 0 Å². The Balaban J connectivity index is 1.54. The van der Waals surface area contributed by atoms with Crippen molar-refractivity contribution in [1.82, 2.24) is 10.6 Å². The predicted octanol–water partition coefficient (Wildman–Crippen LogP) is 5.93. The molecule has 0 unspecified atom stereocenters. The van der Waals surface area contributed by atoms with Gasteiger partial charge in [-0.2, -0.15) is 5.26 Å². The highest BCUT2D eigenvalue weighted by Crippen LogP contribution is 2.43. The highest BCUT2D eigenvalue weighted by Gasteiger charge is 2.32. The number of aryl methyl sites for hydroxylation is 1. The molecule has 208 valence electrons. The Morgan fingerprint density at radius 1 is 1.00 bits per heavy atom. The lowest BCUT2D eigenvalue weighted by Crippen LogP contribution is -2.49. The summed E-state index contributed by atoms with van der Waals surface area (Å²) in [6.07, 6.45) is 11.7. The van der Waals surface area contributed by atoms with E-state index < -0.39 is 23.8 Å². The Morgan fingerprint density at radius 3 is 2.59 bits per heavy atom. The number of nitrogens with zero attached hydrogens (tertiary/aromatic N) is 1. The minimum absolute atomic E-state index is 0.0539. The summed E-state index contributed by atoms with van der Waals surface area (Å²) in [7, 11) is 0. The van der Waals surface area contributed by atoms with Crippen LogP contribution in [-0.4, -0.2) is 29.7 Å². The van der Waals surface area contributed by atoms with Crippen LogP contribution in [0, 0.1) is 23.0 Å². The number of fused-ring (bicyclic) bond motifs is 5. The maximum Gasteiger partial charge on any atom is 0.220 e. The van der Waals surface area contributed by atoms with E-state index >= 15 is 0 Å². The van der Waals surface area contributed by atoms with Gasteiger partial charge in [0.05, 0.1) is 18.2 Å². The standard InChI is InChI=1S/C32H39F2N3O2/c33-25-15-23(16-26(34)20-25)18-30-31(38)21-36-29-19-24(10-5-3-1-2-4-6-11-32(39)37-30)27-13-12-22(17-28(27)29)9-7-8-14-35/h1,3,12-13,15-17,20,24,29-31,36,38H,2,4-11,18-19,21H2,(H,37,39)/t24-,29+,30+,31-/m1/s1. The maximum absolute atomic E-state index is 13.9. The molecule has 5 nitrogen and oxygen atoms in total. The Kier molecular flexibility index (Phi) is 10.6. The van der Waals surface area contributed by atoms with Crippen molar-refractivity contribution in [2.45, 2.75) is 94.7 Å². The third-order valence-electron chi connectivity index (χ3n) is 7.88. The topological polar surface area (TPSA) is 85.2 Å². The molecule has 4 rings (SSSR count). The molecule has 0 saturated heterocycles. The molecular formula is C32H39F2N3O2. The number of β-amino-alcohol motifs (C(OH)–C–C–N with tert-alkyl or cyclic N) is 1. The van der Waals surface area contributed by atoms with Gasteiger partial charge >= 0.3 is 0 Å². The second-order valence-electron chi connectivity index (χ2n) is 10.9. The number of rotatable bonds is 5. The second kappa shape index (κ2) is 14.3. The summed E-state index contributed by atoms with van der Waals surface area (Å²) >= 11 is 0. The first-order valence-electron chi connectivity index (χ1n) is 14.2.